The summed E-state index contributed by atoms with van der Waals surface area (Å²) in [5, 5.41) is 20.8. The standard InChI is InChI=1S/C20H25NO5/c1-5-8-15(23)16-13(21-12-9-6-7-10-14(12)22)11-20(2,3)17(18(16)24)19(25)26-4/h6-7,9-10,17,22,24H,5,8,11H2,1-4H3/t17-/m0/s1. The molecule has 0 heterocycles. The summed E-state index contributed by atoms with van der Waals surface area (Å²) in [6, 6.07) is 6.53. The maximum atomic E-state index is 12.6. The zero-order chi connectivity index (χ0) is 19.5. The molecule has 0 saturated heterocycles. The van der Waals surface area contributed by atoms with E-state index in [-0.39, 0.29) is 35.7 Å². The number of hydrogen-bond donors (Lipinski definition) is 2. The van der Waals surface area contributed by atoms with Crippen LogP contribution in [0.4, 0.5) is 5.69 Å². The van der Waals surface area contributed by atoms with Crippen LogP contribution < -0.4 is 0 Å². The van der Waals surface area contributed by atoms with Crippen LogP contribution in [-0.2, 0) is 14.3 Å². The largest absolute Gasteiger partial charge is 0.511 e. The van der Waals surface area contributed by atoms with Crippen LogP contribution in [0.15, 0.2) is 40.6 Å². The zero-order valence-corrected chi connectivity index (χ0v) is 15.6. The number of hydrogen-bond acceptors (Lipinski definition) is 6. The number of esters is 1. The maximum Gasteiger partial charge on any atom is 0.316 e. The Bertz CT molecular complexity index is 776. The van der Waals surface area contributed by atoms with Gasteiger partial charge in [-0.25, -0.2) is 4.99 Å². The highest BCUT2D eigenvalue weighted by Gasteiger charge is 2.47. The zero-order valence-electron chi connectivity index (χ0n) is 15.6. The molecule has 2 N–H and O–H groups in total. The van der Waals surface area contributed by atoms with Crippen molar-refractivity contribution in [3.05, 3.63) is 35.6 Å². The highest BCUT2D eigenvalue weighted by Crippen LogP contribution is 2.44. The molecule has 0 unspecified atom stereocenters. The number of allylic oxidation sites excluding steroid dienone is 1. The van der Waals surface area contributed by atoms with Crippen LogP contribution >= 0.6 is 0 Å². The van der Waals surface area contributed by atoms with E-state index in [0.29, 0.717) is 17.8 Å². The van der Waals surface area contributed by atoms with Crippen molar-refractivity contribution in [2.45, 2.75) is 40.0 Å². The number of aromatic hydroxyl groups is 1. The molecule has 6 heteroatoms. The summed E-state index contributed by atoms with van der Waals surface area (Å²) in [6.07, 6.45) is 1.12. The van der Waals surface area contributed by atoms with E-state index in [1.807, 2.05) is 20.8 Å². The minimum absolute atomic E-state index is 0.0188. The van der Waals surface area contributed by atoms with Gasteiger partial charge in [-0.15, -0.1) is 0 Å². The van der Waals surface area contributed by atoms with E-state index < -0.39 is 17.3 Å². The third-order valence-corrected chi connectivity index (χ3v) is 4.55. The molecule has 0 bridgehead atoms. The fourth-order valence-electron chi connectivity index (χ4n) is 3.29. The van der Waals surface area contributed by atoms with Gasteiger partial charge >= 0.3 is 5.97 Å². The molecule has 1 atom stereocenters. The SMILES string of the molecule is CCCC(=O)C1=C(O)[C@@H](C(=O)OC)C(C)(C)CC1=Nc1ccccc1O. The van der Waals surface area contributed by atoms with Crippen LogP contribution in [0.2, 0.25) is 0 Å². The Kier molecular flexibility index (Phi) is 5.85. The summed E-state index contributed by atoms with van der Waals surface area (Å²) in [6.45, 7) is 5.48. The lowest BCUT2D eigenvalue weighted by molar-refractivity contribution is -0.149. The van der Waals surface area contributed by atoms with Crippen molar-refractivity contribution in [2.75, 3.05) is 7.11 Å². The van der Waals surface area contributed by atoms with Crippen molar-refractivity contribution in [3.63, 3.8) is 0 Å². The molecule has 1 aliphatic carbocycles. The number of ether oxygens (including phenoxy) is 1. The number of aliphatic imine (C=N–C) groups is 1. The lowest BCUT2D eigenvalue weighted by Gasteiger charge is -2.37. The van der Waals surface area contributed by atoms with Gasteiger partial charge < -0.3 is 14.9 Å². The van der Waals surface area contributed by atoms with Crippen LogP contribution in [0.1, 0.15) is 40.0 Å². The Hall–Kier alpha value is -2.63. The molecule has 0 amide bonds. The third kappa shape index (κ3) is 3.79. The minimum atomic E-state index is -0.938. The second kappa shape index (κ2) is 7.72. The number of rotatable bonds is 5. The molecule has 0 saturated carbocycles. The normalized spacial score (nSPS) is 20.9. The molecule has 1 aromatic rings. The fraction of sp³-hybridized carbons (Fsp3) is 0.450. The third-order valence-electron chi connectivity index (χ3n) is 4.55. The van der Waals surface area contributed by atoms with Crippen LogP contribution in [0, 0.1) is 11.3 Å². The predicted molar refractivity (Wildman–Crippen MR) is 98.7 cm³/mol. The average molecular weight is 359 g/mol. The number of ketones is 1. The molecule has 26 heavy (non-hydrogen) atoms. The second-order valence-corrected chi connectivity index (χ2v) is 7.10. The van der Waals surface area contributed by atoms with Gasteiger partial charge in [-0.1, -0.05) is 32.9 Å². The first-order valence-electron chi connectivity index (χ1n) is 8.63. The average Bonchev–Trinajstić information content (AvgIpc) is 2.55. The van der Waals surface area contributed by atoms with Gasteiger partial charge in [-0.05, 0) is 30.4 Å². The van der Waals surface area contributed by atoms with Crippen molar-refractivity contribution in [1.82, 2.24) is 0 Å². The molecule has 0 radical (unpaired) electrons. The Morgan fingerprint density at radius 1 is 1.27 bits per heavy atom. The summed E-state index contributed by atoms with van der Waals surface area (Å²) in [7, 11) is 1.25. The smallest absolute Gasteiger partial charge is 0.316 e. The molecular formula is C20H25NO5. The number of methoxy groups -OCH3 is 1. The highest BCUT2D eigenvalue weighted by molar-refractivity contribution is 6.24. The van der Waals surface area contributed by atoms with Crippen molar-refractivity contribution < 1.29 is 24.5 Å². The molecule has 0 aliphatic heterocycles. The van der Waals surface area contributed by atoms with Crippen LogP contribution in [-0.4, -0.2) is 34.8 Å². The first-order chi connectivity index (χ1) is 12.2. The number of Topliss-reactive ketones (excluding diaryl/α,β-unsaturated/α-hetero) is 1. The summed E-state index contributed by atoms with van der Waals surface area (Å²) >= 11 is 0. The van der Waals surface area contributed by atoms with Crippen LogP contribution in [0.5, 0.6) is 5.75 Å². The number of aliphatic hydroxyl groups is 1. The number of phenols is 1. The van der Waals surface area contributed by atoms with Gasteiger partial charge in [-0.2, -0.15) is 0 Å². The molecule has 0 spiro atoms. The van der Waals surface area contributed by atoms with Gasteiger partial charge in [0.1, 0.15) is 23.1 Å². The molecular weight excluding hydrogens is 334 g/mol. The van der Waals surface area contributed by atoms with Gasteiger partial charge in [0.05, 0.1) is 18.4 Å². The first kappa shape index (κ1) is 19.7. The summed E-state index contributed by atoms with van der Waals surface area (Å²) in [5.41, 5.74) is 0.0398. The Morgan fingerprint density at radius 3 is 2.50 bits per heavy atom. The number of aliphatic hydroxyl groups excluding tert-OH is 1. The Balaban J connectivity index is 2.67. The topological polar surface area (TPSA) is 96.2 Å². The van der Waals surface area contributed by atoms with Gasteiger partial charge in [0, 0.05) is 6.42 Å². The Morgan fingerprint density at radius 2 is 1.92 bits per heavy atom. The molecule has 140 valence electrons. The van der Waals surface area contributed by atoms with Crippen LogP contribution in [0.25, 0.3) is 0 Å². The number of para-hydroxylation sites is 2. The lowest BCUT2D eigenvalue weighted by Crippen LogP contribution is -2.41. The number of carbonyl (C=O) groups excluding carboxylic acids is 2. The Labute approximate surface area is 153 Å². The first-order valence-corrected chi connectivity index (χ1v) is 8.63. The predicted octanol–water partition coefficient (Wildman–Crippen LogP) is 3.87. The number of nitrogens with zero attached hydrogens (tertiary/aromatic N) is 1. The van der Waals surface area contributed by atoms with E-state index in [9.17, 15) is 19.8 Å². The molecule has 1 aromatic carbocycles. The number of benzene rings is 1. The monoisotopic (exact) mass is 359 g/mol. The van der Waals surface area contributed by atoms with E-state index >= 15 is 0 Å². The quantitative estimate of drug-likeness (QED) is 0.778. The number of carbonyl (C=O) groups is 2. The molecule has 0 fully saturated rings. The molecule has 1 aliphatic rings. The van der Waals surface area contributed by atoms with Gasteiger partial charge in [-0.3, -0.25) is 9.59 Å². The minimum Gasteiger partial charge on any atom is -0.511 e. The van der Waals surface area contributed by atoms with Crippen molar-refractivity contribution in [2.24, 2.45) is 16.3 Å². The van der Waals surface area contributed by atoms with Crippen molar-refractivity contribution >= 4 is 23.2 Å². The lowest BCUT2D eigenvalue weighted by atomic mass is 9.67. The van der Waals surface area contributed by atoms with Gasteiger partial charge in [0.2, 0.25) is 0 Å². The summed E-state index contributed by atoms with van der Waals surface area (Å²) < 4.78 is 4.83. The summed E-state index contributed by atoms with van der Waals surface area (Å²) in [5.74, 6) is -2.12. The highest BCUT2D eigenvalue weighted by atomic mass is 16.5. The maximum absolute atomic E-state index is 12.6. The van der Waals surface area contributed by atoms with Gasteiger partial charge in [0.15, 0.2) is 5.78 Å². The van der Waals surface area contributed by atoms with E-state index in [1.165, 1.54) is 13.2 Å². The summed E-state index contributed by atoms with van der Waals surface area (Å²) in [4.78, 5) is 29.3. The van der Waals surface area contributed by atoms with Crippen molar-refractivity contribution in [1.29, 1.82) is 0 Å². The van der Waals surface area contributed by atoms with E-state index in [0.717, 1.165) is 0 Å². The molecule has 6 nitrogen and oxygen atoms in total. The molecule has 0 aromatic heterocycles. The van der Waals surface area contributed by atoms with E-state index in [1.54, 1.807) is 18.2 Å². The number of phenolic OH excluding ortho intramolecular Hbond substituents is 1. The van der Waals surface area contributed by atoms with Crippen LogP contribution in [0.3, 0.4) is 0 Å². The van der Waals surface area contributed by atoms with Crippen molar-refractivity contribution in [3.8, 4) is 5.75 Å². The van der Waals surface area contributed by atoms with E-state index in [2.05, 4.69) is 4.99 Å². The van der Waals surface area contributed by atoms with E-state index in [4.69, 9.17) is 4.74 Å². The van der Waals surface area contributed by atoms with Gasteiger partial charge in [0.25, 0.3) is 0 Å². The second-order valence-electron chi connectivity index (χ2n) is 7.10. The molecule has 2 rings (SSSR count). The fourth-order valence-corrected chi connectivity index (χ4v) is 3.29.